The average Bonchev–Trinajstić information content (AvgIpc) is 3.46. The maximum atomic E-state index is 15.2. The fourth-order valence-corrected chi connectivity index (χ4v) is 7.39. The summed E-state index contributed by atoms with van der Waals surface area (Å²) in [5.74, 6) is -1.70. The first-order valence-electron chi connectivity index (χ1n) is 14.4. The first-order chi connectivity index (χ1) is 19.5. The van der Waals surface area contributed by atoms with Gasteiger partial charge in [-0.3, -0.25) is 0 Å². The van der Waals surface area contributed by atoms with E-state index in [-0.39, 0.29) is 41.9 Å². The van der Waals surface area contributed by atoms with Crippen LogP contribution < -0.4 is 21.9 Å². The van der Waals surface area contributed by atoms with Gasteiger partial charge in [0, 0.05) is 6.04 Å². The number of halogens is 3. The molecule has 2 saturated carbocycles. The summed E-state index contributed by atoms with van der Waals surface area (Å²) >= 11 is 0. The van der Waals surface area contributed by atoms with Crippen LogP contribution in [0.1, 0.15) is 77.7 Å². The molecule has 0 spiro atoms. The molecule has 14 heteroatoms. The van der Waals surface area contributed by atoms with Crippen molar-refractivity contribution in [3.63, 3.8) is 0 Å². The molecule has 0 aliphatic heterocycles. The van der Waals surface area contributed by atoms with Crippen LogP contribution in [0, 0.1) is 5.82 Å². The third-order valence-electron chi connectivity index (χ3n) is 7.86. The van der Waals surface area contributed by atoms with Crippen molar-refractivity contribution in [1.82, 2.24) is 14.5 Å². The zero-order valence-electron chi connectivity index (χ0n) is 23.5. The topological polar surface area (TPSA) is 124 Å². The molecule has 1 aromatic heterocycles. The Bertz CT molecular complexity index is 1350. The van der Waals surface area contributed by atoms with Gasteiger partial charge in [-0.25, -0.2) is 0 Å². The molecule has 0 saturated heterocycles. The molecule has 1 heterocycles. The standard InChI is InChI=1S/C27H40F3N4O6P/c1-3-39-41(38,40-4-2)27(29,30)17-31-24(35)16-33-25(36)20-14-21(28)22(32-18-10-6-5-7-11-18)15-23(20)34(26(33)37)19-12-8-9-13-19/h14-15,18-19,32,38,41H,3-13,16-17H2,1-2H3,(H,31,35). The van der Waals surface area contributed by atoms with Gasteiger partial charge in [0.25, 0.3) is 0 Å². The number of benzene rings is 1. The molecule has 0 radical (unpaired) electrons. The molecule has 4 rings (SSSR count). The third kappa shape index (κ3) is 6.79. The van der Waals surface area contributed by atoms with E-state index in [9.17, 15) is 28.1 Å². The summed E-state index contributed by atoms with van der Waals surface area (Å²) in [6, 6.07) is 2.41. The second kappa shape index (κ2) is 13.2. The minimum atomic E-state index is -4.98. The molecule has 10 nitrogen and oxygen atoms in total. The number of rotatable bonds is 12. The molecular weight excluding hydrogens is 564 g/mol. The van der Waals surface area contributed by atoms with E-state index < -0.39 is 49.7 Å². The molecule has 1 amide bonds. The van der Waals surface area contributed by atoms with E-state index in [4.69, 9.17) is 9.05 Å². The van der Waals surface area contributed by atoms with Crippen molar-refractivity contribution in [2.45, 2.75) is 95.9 Å². The van der Waals surface area contributed by atoms with Gasteiger partial charge in [-0.2, -0.15) is 0 Å². The molecule has 2 aliphatic rings. The summed E-state index contributed by atoms with van der Waals surface area (Å²) in [4.78, 5) is 50.1. The Kier molecular flexibility index (Phi) is 10.2. The normalized spacial score (nSPS) is 17.7. The van der Waals surface area contributed by atoms with Crippen molar-refractivity contribution < 1.29 is 31.9 Å². The van der Waals surface area contributed by atoms with Gasteiger partial charge in [0.05, 0.1) is 0 Å². The van der Waals surface area contributed by atoms with Gasteiger partial charge in [-0.05, 0) is 12.8 Å². The number of fused-ring (bicyclic) bond motifs is 1. The van der Waals surface area contributed by atoms with Crippen LogP contribution in [-0.2, 0) is 20.4 Å². The van der Waals surface area contributed by atoms with E-state index in [0.29, 0.717) is 17.4 Å². The number of alkyl halides is 2. The number of nitrogens with zero attached hydrogens (tertiary/aromatic N) is 2. The molecular formula is C27H40F3N4O6P. The fraction of sp³-hybridized carbons (Fsp3) is 0.667. The molecule has 0 unspecified atom stereocenters. The van der Waals surface area contributed by atoms with E-state index in [2.05, 4.69) is 5.32 Å². The van der Waals surface area contributed by atoms with Gasteiger partial charge in [-0.1, -0.05) is 19.3 Å². The van der Waals surface area contributed by atoms with Crippen LogP contribution in [0.15, 0.2) is 21.7 Å². The van der Waals surface area contributed by atoms with Gasteiger partial charge < -0.3 is 0 Å². The number of amides is 1. The summed E-state index contributed by atoms with van der Waals surface area (Å²) in [6.07, 6.45) is 8.09. The number of hydrogen-bond donors (Lipinski definition) is 3. The van der Waals surface area contributed by atoms with Crippen molar-refractivity contribution in [1.29, 1.82) is 0 Å². The number of carbonyl (C=O) groups is 1. The number of carbonyl (C=O) groups excluding carboxylic acids is 1. The van der Waals surface area contributed by atoms with E-state index in [0.717, 1.165) is 51.0 Å². The quantitative estimate of drug-likeness (QED) is 0.306. The van der Waals surface area contributed by atoms with Gasteiger partial charge in [0.15, 0.2) is 0 Å². The van der Waals surface area contributed by atoms with Crippen molar-refractivity contribution >= 4 is 30.4 Å². The zero-order valence-corrected chi connectivity index (χ0v) is 24.5. The Labute approximate surface area is 236 Å². The van der Waals surface area contributed by atoms with Crippen LogP contribution in [0.5, 0.6) is 0 Å². The monoisotopic (exact) mass is 604 g/mol. The molecule has 1 aromatic carbocycles. The van der Waals surface area contributed by atoms with Crippen molar-refractivity contribution in [3.8, 4) is 0 Å². The maximum absolute atomic E-state index is 15.2. The Hall–Kier alpha value is -2.47. The molecule has 41 heavy (non-hydrogen) atoms. The van der Waals surface area contributed by atoms with Crippen molar-refractivity contribution in [2.75, 3.05) is 25.1 Å². The summed E-state index contributed by atoms with van der Waals surface area (Å²) in [7, 11) is -4.98. The van der Waals surface area contributed by atoms with E-state index in [1.165, 1.54) is 24.5 Å². The predicted octanol–water partition coefficient (Wildman–Crippen LogP) is 4.43. The van der Waals surface area contributed by atoms with Gasteiger partial charge in [0.2, 0.25) is 0 Å². The first kappa shape index (κ1) is 31.5. The third-order valence-corrected chi connectivity index (χ3v) is 10.3. The van der Waals surface area contributed by atoms with E-state index in [1.807, 2.05) is 5.32 Å². The Morgan fingerprint density at radius 2 is 1.66 bits per heavy atom. The van der Waals surface area contributed by atoms with Crippen LogP contribution in [-0.4, -0.2) is 51.4 Å². The summed E-state index contributed by atoms with van der Waals surface area (Å²) in [6.45, 7) is 0.208. The second-order valence-electron chi connectivity index (χ2n) is 10.7. The summed E-state index contributed by atoms with van der Waals surface area (Å²) in [5.41, 5.74) is -5.08. The van der Waals surface area contributed by atoms with Crippen molar-refractivity contribution in [2.24, 2.45) is 0 Å². The van der Waals surface area contributed by atoms with E-state index in [1.54, 1.807) is 0 Å². The Balaban J connectivity index is 1.66. The van der Waals surface area contributed by atoms with Crippen LogP contribution >= 0.6 is 7.94 Å². The summed E-state index contributed by atoms with van der Waals surface area (Å²) < 4.78 is 56.6. The number of aromatic nitrogens is 2. The first-order valence-corrected chi connectivity index (χ1v) is 16.2. The van der Waals surface area contributed by atoms with Gasteiger partial charge in [-0.15, -0.1) is 0 Å². The molecule has 3 N–H and O–H groups in total. The average molecular weight is 605 g/mol. The molecule has 2 fully saturated rings. The van der Waals surface area contributed by atoms with Gasteiger partial charge >= 0.3 is 198 Å². The minimum absolute atomic E-state index is 0.0733. The van der Waals surface area contributed by atoms with Crippen LogP contribution in [0.2, 0.25) is 0 Å². The fourth-order valence-electron chi connectivity index (χ4n) is 5.79. The predicted molar refractivity (Wildman–Crippen MR) is 152 cm³/mol. The zero-order chi connectivity index (χ0) is 29.8. The number of hydrogen-bond acceptors (Lipinski definition) is 7. The van der Waals surface area contributed by atoms with Crippen LogP contribution in [0.25, 0.3) is 10.9 Å². The molecule has 0 bridgehead atoms. The Morgan fingerprint density at radius 1 is 1.05 bits per heavy atom. The van der Waals surface area contributed by atoms with Crippen LogP contribution in [0.4, 0.5) is 18.9 Å². The molecule has 0 atom stereocenters. The molecule has 230 valence electrons. The van der Waals surface area contributed by atoms with E-state index >= 15 is 4.39 Å². The van der Waals surface area contributed by atoms with Gasteiger partial charge in [0.1, 0.15) is 0 Å². The second-order valence-corrected chi connectivity index (χ2v) is 13.2. The molecule has 2 aromatic rings. The summed E-state index contributed by atoms with van der Waals surface area (Å²) in [5, 5.41) is 5.15. The number of anilines is 1. The number of nitrogens with one attached hydrogen (secondary N) is 2. The van der Waals surface area contributed by atoms with Crippen molar-refractivity contribution in [3.05, 3.63) is 38.8 Å². The Morgan fingerprint density at radius 3 is 2.27 bits per heavy atom. The SMILES string of the molecule is CCO[PH](O)(OCC)C(F)(F)CNC(=O)Cn1c(=O)c2cc(F)c(NC3CCCCC3)cc2n(C2CCCC2)c1=O. The van der Waals surface area contributed by atoms with Crippen LogP contribution in [0.3, 0.4) is 0 Å². The molecule has 2 aliphatic carbocycles.